The van der Waals surface area contributed by atoms with Crippen LogP contribution in [0.4, 0.5) is 0 Å². The van der Waals surface area contributed by atoms with Crippen molar-refractivity contribution in [3.63, 3.8) is 0 Å². The van der Waals surface area contributed by atoms with Crippen LogP contribution in [0.2, 0.25) is 0 Å². The Balaban J connectivity index is 2.21. The van der Waals surface area contributed by atoms with Gasteiger partial charge >= 0.3 is 0 Å². The number of hydrogen-bond acceptors (Lipinski definition) is 3. The van der Waals surface area contributed by atoms with Gasteiger partial charge in [0.1, 0.15) is 0 Å². The third-order valence-electron chi connectivity index (χ3n) is 2.47. The summed E-state index contributed by atoms with van der Waals surface area (Å²) in [6, 6.07) is 10.2. The van der Waals surface area contributed by atoms with Gasteiger partial charge in [-0.3, -0.25) is 9.69 Å². The van der Waals surface area contributed by atoms with Crippen LogP contribution < -0.4 is 5.32 Å². The summed E-state index contributed by atoms with van der Waals surface area (Å²) < 4.78 is 0. The molecule has 4 nitrogen and oxygen atoms in total. The van der Waals surface area contributed by atoms with E-state index in [1.807, 2.05) is 30.1 Å². The van der Waals surface area contributed by atoms with Gasteiger partial charge in [0.2, 0.25) is 5.91 Å². The second-order valence-electron chi connectivity index (χ2n) is 4.05. The highest BCUT2D eigenvalue weighted by atomic mass is 16.3. The van der Waals surface area contributed by atoms with Crippen LogP contribution in [0.5, 0.6) is 0 Å². The van der Waals surface area contributed by atoms with Crippen LogP contribution in [0, 0.1) is 0 Å². The maximum atomic E-state index is 11.4. The number of carbonyl (C=O) groups is 1. The van der Waals surface area contributed by atoms with E-state index in [1.165, 1.54) is 5.56 Å². The number of nitrogens with zero attached hydrogens (tertiary/aromatic N) is 1. The van der Waals surface area contributed by atoms with Crippen molar-refractivity contribution in [2.45, 2.75) is 6.42 Å². The van der Waals surface area contributed by atoms with E-state index in [2.05, 4.69) is 17.4 Å². The zero-order valence-corrected chi connectivity index (χ0v) is 10.2. The Morgan fingerprint density at radius 3 is 2.71 bits per heavy atom. The molecule has 0 aliphatic heterocycles. The molecule has 0 aliphatic carbocycles. The van der Waals surface area contributed by atoms with Gasteiger partial charge in [0.05, 0.1) is 13.2 Å². The first kappa shape index (κ1) is 13.7. The number of amides is 1. The van der Waals surface area contributed by atoms with Crippen molar-refractivity contribution in [3.05, 3.63) is 35.9 Å². The molecule has 4 heteroatoms. The molecule has 0 atom stereocenters. The minimum absolute atomic E-state index is 0.0144. The fourth-order valence-corrected chi connectivity index (χ4v) is 1.54. The summed E-state index contributed by atoms with van der Waals surface area (Å²) in [7, 11) is 1.92. The molecule has 1 aromatic carbocycles. The number of rotatable bonds is 7. The van der Waals surface area contributed by atoms with Crippen LogP contribution in [0.3, 0.4) is 0 Å². The predicted octanol–water partition coefficient (Wildman–Crippen LogP) is 0.269. The Hall–Kier alpha value is -1.39. The Labute approximate surface area is 102 Å². The molecule has 0 unspecified atom stereocenters. The maximum absolute atomic E-state index is 11.4. The number of aliphatic hydroxyl groups is 1. The fourth-order valence-electron chi connectivity index (χ4n) is 1.54. The zero-order valence-electron chi connectivity index (χ0n) is 10.2. The topological polar surface area (TPSA) is 52.6 Å². The van der Waals surface area contributed by atoms with E-state index >= 15 is 0 Å². The Kier molecular flexibility index (Phi) is 6.29. The Morgan fingerprint density at radius 2 is 2.06 bits per heavy atom. The van der Waals surface area contributed by atoms with E-state index in [-0.39, 0.29) is 12.5 Å². The molecule has 94 valence electrons. The molecule has 1 amide bonds. The fraction of sp³-hybridized carbons (Fsp3) is 0.462. The van der Waals surface area contributed by atoms with Crippen molar-refractivity contribution in [1.82, 2.24) is 10.2 Å². The van der Waals surface area contributed by atoms with Crippen molar-refractivity contribution in [1.29, 1.82) is 0 Å². The van der Waals surface area contributed by atoms with Crippen molar-refractivity contribution >= 4 is 5.91 Å². The van der Waals surface area contributed by atoms with Gasteiger partial charge in [-0.25, -0.2) is 0 Å². The molecule has 17 heavy (non-hydrogen) atoms. The Bertz CT molecular complexity index is 327. The van der Waals surface area contributed by atoms with Crippen LogP contribution in [-0.4, -0.2) is 49.2 Å². The quantitative estimate of drug-likeness (QED) is 0.714. The molecular weight excluding hydrogens is 216 g/mol. The van der Waals surface area contributed by atoms with Crippen molar-refractivity contribution in [2.75, 3.05) is 33.3 Å². The minimum atomic E-state index is -0.0467. The maximum Gasteiger partial charge on any atom is 0.234 e. The molecule has 0 saturated heterocycles. The van der Waals surface area contributed by atoms with Crippen LogP contribution in [-0.2, 0) is 11.2 Å². The van der Waals surface area contributed by atoms with E-state index < -0.39 is 0 Å². The standard InChI is InChI=1S/C13H20N2O2/c1-15(11-13(17)14-8-10-16)9-7-12-5-3-2-4-6-12/h2-6,16H,7-11H2,1H3,(H,14,17). The number of carbonyl (C=O) groups excluding carboxylic acids is 1. The second-order valence-corrected chi connectivity index (χ2v) is 4.05. The molecular formula is C13H20N2O2. The molecule has 0 heterocycles. The largest absolute Gasteiger partial charge is 0.395 e. The van der Waals surface area contributed by atoms with Crippen LogP contribution in [0.25, 0.3) is 0 Å². The Morgan fingerprint density at radius 1 is 1.35 bits per heavy atom. The number of hydrogen-bond donors (Lipinski definition) is 2. The van der Waals surface area contributed by atoms with E-state index in [9.17, 15) is 4.79 Å². The lowest BCUT2D eigenvalue weighted by Crippen LogP contribution is -2.37. The molecule has 0 radical (unpaired) electrons. The third-order valence-corrected chi connectivity index (χ3v) is 2.47. The summed E-state index contributed by atoms with van der Waals surface area (Å²) in [5, 5.41) is 11.2. The second kappa shape index (κ2) is 7.81. The van der Waals surface area contributed by atoms with Gasteiger partial charge in [0.15, 0.2) is 0 Å². The molecule has 1 rings (SSSR count). The lowest BCUT2D eigenvalue weighted by Gasteiger charge is -2.15. The summed E-state index contributed by atoms with van der Waals surface area (Å²) in [6.45, 7) is 1.52. The number of nitrogens with one attached hydrogen (secondary N) is 1. The van der Waals surface area contributed by atoms with Crippen LogP contribution >= 0.6 is 0 Å². The van der Waals surface area contributed by atoms with Gasteiger partial charge in [-0.1, -0.05) is 30.3 Å². The summed E-state index contributed by atoms with van der Waals surface area (Å²) in [6.07, 6.45) is 0.935. The number of likely N-dealkylation sites (N-methyl/N-ethyl adjacent to an activating group) is 1. The summed E-state index contributed by atoms with van der Waals surface area (Å²) in [5.74, 6) is -0.0467. The zero-order chi connectivity index (χ0) is 12.5. The monoisotopic (exact) mass is 236 g/mol. The first-order valence-corrected chi connectivity index (χ1v) is 5.82. The predicted molar refractivity (Wildman–Crippen MR) is 67.7 cm³/mol. The summed E-state index contributed by atoms with van der Waals surface area (Å²) in [4.78, 5) is 13.3. The van der Waals surface area contributed by atoms with Crippen molar-refractivity contribution in [3.8, 4) is 0 Å². The minimum Gasteiger partial charge on any atom is -0.395 e. The molecule has 0 spiro atoms. The van der Waals surface area contributed by atoms with Crippen molar-refractivity contribution in [2.24, 2.45) is 0 Å². The molecule has 0 bridgehead atoms. The van der Waals surface area contributed by atoms with E-state index in [0.29, 0.717) is 13.1 Å². The number of benzene rings is 1. The summed E-state index contributed by atoms with van der Waals surface area (Å²) >= 11 is 0. The first-order chi connectivity index (χ1) is 8.22. The smallest absolute Gasteiger partial charge is 0.234 e. The van der Waals surface area contributed by atoms with Gasteiger partial charge in [-0.2, -0.15) is 0 Å². The highest BCUT2D eigenvalue weighted by Crippen LogP contribution is 2.00. The van der Waals surface area contributed by atoms with Gasteiger partial charge in [-0.15, -0.1) is 0 Å². The lowest BCUT2D eigenvalue weighted by atomic mass is 10.1. The molecule has 1 aromatic rings. The van der Waals surface area contributed by atoms with E-state index in [4.69, 9.17) is 5.11 Å². The van der Waals surface area contributed by atoms with Crippen LogP contribution in [0.1, 0.15) is 5.56 Å². The molecule has 0 aromatic heterocycles. The highest BCUT2D eigenvalue weighted by molar-refractivity contribution is 5.77. The SMILES string of the molecule is CN(CCc1ccccc1)CC(=O)NCCO. The average molecular weight is 236 g/mol. The van der Waals surface area contributed by atoms with Gasteiger partial charge < -0.3 is 10.4 Å². The third kappa shape index (κ3) is 6.04. The molecule has 0 fully saturated rings. The van der Waals surface area contributed by atoms with E-state index in [1.54, 1.807) is 0 Å². The van der Waals surface area contributed by atoms with Crippen molar-refractivity contribution < 1.29 is 9.90 Å². The van der Waals surface area contributed by atoms with Gasteiger partial charge in [0.25, 0.3) is 0 Å². The highest BCUT2D eigenvalue weighted by Gasteiger charge is 2.05. The average Bonchev–Trinajstić information content (AvgIpc) is 2.35. The normalized spacial score (nSPS) is 10.5. The van der Waals surface area contributed by atoms with Gasteiger partial charge in [-0.05, 0) is 19.0 Å². The lowest BCUT2D eigenvalue weighted by molar-refractivity contribution is -0.122. The molecule has 0 saturated carbocycles. The van der Waals surface area contributed by atoms with E-state index in [0.717, 1.165) is 13.0 Å². The summed E-state index contributed by atoms with van der Waals surface area (Å²) in [5.41, 5.74) is 1.27. The first-order valence-electron chi connectivity index (χ1n) is 5.82. The van der Waals surface area contributed by atoms with Crippen LogP contribution in [0.15, 0.2) is 30.3 Å². The number of aliphatic hydroxyl groups excluding tert-OH is 1. The van der Waals surface area contributed by atoms with Gasteiger partial charge in [0, 0.05) is 13.1 Å². The molecule has 0 aliphatic rings. The molecule has 2 N–H and O–H groups in total.